The number of carbonyl (C=O) groups is 1. The third-order valence-corrected chi connectivity index (χ3v) is 4.82. The summed E-state index contributed by atoms with van der Waals surface area (Å²) in [6, 6.07) is 13.3. The molecule has 0 spiro atoms. The van der Waals surface area contributed by atoms with Crippen molar-refractivity contribution in [3.8, 4) is 5.75 Å². The van der Waals surface area contributed by atoms with Gasteiger partial charge in [-0.2, -0.15) is 0 Å². The Morgan fingerprint density at radius 1 is 1.17 bits per heavy atom. The van der Waals surface area contributed by atoms with Gasteiger partial charge in [-0.1, -0.05) is 44.2 Å². The van der Waals surface area contributed by atoms with Crippen molar-refractivity contribution in [2.24, 2.45) is 0 Å². The molecule has 0 bridgehead atoms. The van der Waals surface area contributed by atoms with Crippen LogP contribution >= 0.6 is 11.6 Å². The highest BCUT2D eigenvalue weighted by Crippen LogP contribution is 2.45. The molecule has 2 aromatic carbocycles. The summed E-state index contributed by atoms with van der Waals surface area (Å²) in [5.74, 6) is 0.352. The van der Waals surface area contributed by atoms with Crippen LogP contribution in [0.3, 0.4) is 0 Å². The van der Waals surface area contributed by atoms with Gasteiger partial charge in [-0.05, 0) is 41.7 Å². The fourth-order valence-electron chi connectivity index (χ4n) is 3.11. The number of phenolic OH excluding ortho intramolecular Hbond substituents is 1. The first-order chi connectivity index (χ1) is 10.9. The van der Waals surface area contributed by atoms with Crippen molar-refractivity contribution in [1.82, 2.24) is 0 Å². The van der Waals surface area contributed by atoms with E-state index in [1.807, 2.05) is 57.2 Å². The topological polar surface area (TPSA) is 40.5 Å². The molecule has 1 heterocycles. The fourth-order valence-corrected chi connectivity index (χ4v) is 3.47. The van der Waals surface area contributed by atoms with Crippen LogP contribution in [0.1, 0.15) is 42.5 Å². The molecule has 0 saturated carbocycles. The van der Waals surface area contributed by atoms with E-state index in [1.54, 1.807) is 11.0 Å². The van der Waals surface area contributed by atoms with E-state index in [2.05, 4.69) is 0 Å². The van der Waals surface area contributed by atoms with Crippen LogP contribution in [-0.2, 0) is 4.79 Å². The number of hydrogen-bond acceptors (Lipinski definition) is 2. The minimum Gasteiger partial charge on any atom is -0.508 e. The molecule has 3 nitrogen and oxygen atoms in total. The third-order valence-electron chi connectivity index (χ3n) is 4.40. The molecule has 2 unspecified atom stereocenters. The summed E-state index contributed by atoms with van der Waals surface area (Å²) in [5, 5.41) is 9.58. The van der Waals surface area contributed by atoms with Crippen molar-refractivity contribution >= 4 is 23.2 Å². The number of halogens is 1. The van der Waals surface area contributed by atoms with E-state index < -0.39 is 5.38 Å². The highest BCUT2D eigenvalue weighted by Gasteiger charge is 2.48. The Balaban J connectivity index is 2.06. The number of nitrogens with zero attached hydrogens (tertiary/aromatic N) is 1. The maximum absolute atomic E-state index is 12.4. The van der Waals surface area contributed by atoms with E-state index in [4.69, 9.17) is 11.6 Å². The van der Waals surface area contributed by atoms with Crippen LogP contribution in [-0.4, -0.2) is 16.4 Å². The molecule has 1 fully saturated rings. The number of aryl methyl sites for hydroxylation is 1. The Morgan fingerprint density at radius 2 is 1.83 bits per heavy atom. The molecule has 3 rings (SSSR count). The minimum absolute atomic E-state index is 0.0935. The average Bonchev–Trinajstić information content (AvgIpc) is 2.53. The van der Waals surface area contributed by atoms with Gasteiger partial charge in [-0.25, -0.2) is 0 Å². The van der Waals surface area contributed by atoms with Gasteiger partial charge in [0, 0.05) is 5.69 Å². The SMILES string of the molecule is Cc1cc(O)c(C(C)C)cc1N1C(=O)C(Cl)C1c1ccccc1. The maximum atomic E-state index is 12.4. The quantitative estimate of drug-likeness (QED) is 0.664. The van der Waals surface area contributed by atoms with Gasteiger partial charge >= 0.3 is 0 Å². The van der Waals surface area contributed by atoms with E-state index in [0.29, 0.717) is 0 Å². The van der Waals surface area contributed by atoms with Gasteiger partial charge in [0.05, 0.1) is 6.04 Å². The first kappa shape index (κ1) is 15.9. The number of phenols is 1. The van der Waals surface area contributed by atoms with Gasteiger partial charge in [-0.15, -0.1) is 11.6 Å². The largest absolute Gasteiger partial charge is 0.508 e. The van der Waals surface area contributed by atoms with Crippen molar-refractivity contribution in [1.29, 1.82) is 0 Å². The summed E-state index contributed by atoms with van der Waals surface area (Å²) in [6.45, 7) is 5.94. The second kappa shape index (κ2) is 5.89. The predicted molar refractivity (Wildman–Crippen MR) is 93.2 cm³/mol. The maximum Gasteiger partial charge on any atom is 0.248 e. The van der Waals surface area contributed by atoms with Crippen molar-refractivity contribution < 1.29 is 9.90 Å². The van der Waals surface area contributed by atoms with Crippen LogP contribution in [0.25, 0.3) is 0 Å². The van der Waals surface area contributed by atoms with E-state index in [-0.39, 0.29) is 23.6 Å². The minimum atomic E-state index is -0.548. The highest BCUT2D eigenvalue weighted by molar-refractivity contribution is 6.37. The lowest BCUT2D eigenvalue weighted by atomic mass is 9.90. The summed E-state index contributed by atoms with van der Waals surface area (Å²) in [5.41, 5.74) is 3.54. The van der Waals surface area contributed by atoms with Gasteiger partial charge < -0.3 is 10.0 Å². The van der Waals surface area contributed by atoms with Crippen LogP contribution < -0.4 is 4.90 Å². The van der Waals surface area contributed by atoms with Gasteiger partial charge in [0.25, 0.3) is 0 Å². The van der Waals surface area contributed by atoms with E-state index in [9.17, 15) is 9.90 Å². The van der Waals surface area contributed by atoms with Crippen molar-refractivity contribution in [3.63, 3.8) is 0 Å². The lowest BCUT2D eigenvalue weighted by molar-refractivity contribution is -0.123. The molecule has 1 aliphatic rings. The molecule has 23 heavy (non-hydrogen) atoms. The molecule has 2 atom stereocenters. The van der Waals surface area contributed by atoms with E-state index in [0.717, 1.165) is 22.4 Å². The number of carbonyl (C=O) groups excluding carboxylic acids is 1. The van der Waals surface area contributed by atoms with Crippen LogP contribution in [0.2, 0.25) is 0 Å². The zero-order chi connectivity index (χ0) is 16.7. The molecule has 0 aliphatic carbocycles. The molecule has 120 valence electrons. The molecule has 1 N–H and O–H groups in total. The van der Waals surface area contributed by atoms with E-state index >= 15 is 0 Å². The zero-order valence-corrected chi connectivity index (χ0v) is 14.2. The highest BCUT2D eigenvalue weighted by atomic mass is 35.5. The standard InChI is InChI=1S/C19H20ClNO2/c1-11(2)14-10-15(12(3)9-16(14)22)21-18(17(20)19(21)23)13-7-5-4-6-8-13/h4-11,17-18,22H,1-3H3. The van der Waals surface area contributed by atoms with Gasteiger partial charge in [0.2, 0.25) is 5.91 Å². The predicted octanol–water partition coefficient (Wildman–Crippen LogP) is 4.52. The summed E-state index contributed by atoms with van der Waals surface area (Å²) in [4.78, 5) is 14.1. The molecular weight excluding hydrogens is 310 g/mol. The molecule has 1 amide bonds. The normalized spacial score (nSPS) is 20.7. The number of hydrogen-bond donors (Lipinski definition) is 1. The lowest BCUT2D eigenvalue weighted by Crippen LogP contribution is -2.56. The second-order valence-corrected chi connectivity index (χ2v) is 6.79. The molecule has 2 aromatic rings. The van der Waals surface area contributed by atoms with Crippen LogP contribution in [0, 0.1) is 6.92 Å². The van der Waals surface area contributed by atoms with E-state index in [1.165, 1.54) is 0 Å². The van der Waals surface area contributed by atoms with Gasteiger partial charge in [0.1, 0.15) is 11.1 Å². The van der Waals surface area contributed by atoms with Crippen molar-refractivity contribution in [2.75, 3.05) is 4.90 Å². The third kappa shape index (κ3) is 2.59. The molecule has 1 saturated heterocycles. The summed E-state index contributed by atoms with van der Waals surface area (Å²) in [6.07, 6.45) is 0. The number of β-lactam (4-membered cyclic amide) rings is 1. The summed E-state index contributed by atoms with van der Waals surface area (Å²) in [7, 11) is 0. The van der Waals surface area contributed by atoms with Crippen molar-refractivity contribution in [2.45, 2.75) is 38.1 Å². The molecule has 1 aliphatic heterocycles. The first-order valence-electron chi connectivity index (χ1n) is 7.77. The zero-order valence-electron chi connectivity index (χ0n) is 13.5. The van der Waals surface area contributed by atoms with Crippen molar-refractivity contribution in [3.05, 3.63) is 59.2 Å². The number of amides is 1. The number of benzene rings is 2. The molecule has 0 aromatic heterocycles. The fraction of sp³-hybridized carbons (Fsp3) is 0.316. The number of anilines is 1. The van der Waals surface area contributed by atoms with Gasteiger partial charge in [-0.3, -0.25) is 4.79 Å². The second-order valence-electron chi connectivity index (χ2n) is 6.32. The Bertz CT molecular complexity index is 743. The number of alkyl halides is 1. The lowest BCUT2D eigenvalue weighted by Gasteiger charge is -2.45. The molecule has 4 heteroatoms. The number of rotatable bonds is 3. The van der Waals surface area contributed by atoms with Crippen LogP contribution in [0.15, 0.2) is 42.5 Å². The monoisotopic (exact) mass is 329 g/mol. The smallest absolute Gasteiger partial charge is 0.248 e. The average molecular weight is 330 g/mol. The summed E-state index contributed by atoms with van der Waals surface area (Å²) >= 11 is 6.29. The van der Waals surface area contributed by atoms with Crippen LogP contribution in [0.5, 0.6) is 5.75 Å². The molecule has 0 radical (unpaired) electrons. The number of aromatic hydroxyl groups is 1. The van der Waals surface area contributed by atoms with Gasteiger partial charge in [0.15, 0.2) is 0 Å². The Hall–Kier alpha value is -2.00. The Kier molecular flexibility index (Phi) is 4.07. The van der Waals surface area contributed by atoms with Crippen LogP contribution in [0.4, 0.5) is 5.69 Å². The Labute approximate surface area is 141 Å². The summed E-state index contributed by atoms with van der Waals surface area (Å²) < 4.78 is 0. The first-order valence-corrected chi connectivity index (χ1v) is 8.21. The molecular formula is C19H20ClNO2. The Morgan fingerprint density at radius 3 is 2.43 bits per heavy atom.